The van der Waals surface area contributed by atoms with Gasteiger partial charge >= 0.3 is 6.55 Å². The molecule has 1 heterocycles. The van der Waals surface area contributed by atoms with Gasteiger partial charge in [-0.2, -0.15) is 13.9 Å². The molecule has 0 bridgehead atoms. The Bertz CT molecular complexity index is 546. The van der Waals surface area contributed by atoms with Gasteiger partial charge in [0, 0.05) is 6.54 Å². The van der Waals surface area contributed by atoms with Crippen LogP contribution in [0.5, 0.6) is 5.75 Å². The fraction of sp³-hybridized carbons (Fsp3) is 0.250. The predicted molar refractivity (Wildman–Crippen MR) is 70.9 cm³/mol. The summed E-state index contributed by atoms with van der Waals surface area (Å²) in [6, 6.07) is 6.74. The highest BCUT2D eigenvalue weighted by Gasteiger charge is 2.10. The second kappa shape index (κ2) is 6.38. The van der Waals surface area contributed by atoms with Gasteiger partial charge in [0.1, 0.15) is 5.75 Å². The first-order valence-corrected chi connectivity index (χ1v) is 5.42. The van der Waals surface area contributed by atoms with Gasteiger partial charge in [0.15, 0.2) is 0 Å². The van der Waals surface area contributed by atoms with Crippen LogP contribution < -0.4 is 5.32 Å². The van der Waals surface area contributed by atoms with Gasteiger partial charge in [-0.15, -0.1) is 12.4 Å². The number of aryl methyl sites for hydroxylation is 1. The van der Waals surface area contributed by atoms with E-state index in [9.17, 15) is 13.9 Å². The summed E-state index contributed by atoms with van der Waals surface area (Å²) in [5, 5.41) is 16.0. The first-order valence-electron chi connectivity index (χ1n) is 5.42. The minimum absolute atomic E-state index is 0. The summed E-state index contributed by atoms with van der Waals surface area (Å²) in [6.07, 6.45) is 1.27. The summed E-state index contributed by atoms with van der Waals surface area (Å²) < 4.78 is 25.4. The number of benzene rings is 1. The third kappa shape index (κ3) is 3.82. The van der Waals surface area contributed by atoms with Crippen molar-refractivity contribution in [3.63, 3.8) is 0 Å². The van der Waals surface area contributed by atoms with Crippen molar-refractivity contribution in [2.24, 2.45) is 0 Å². The SMILES string of the molecule is Cc1nn(C(F)F)cc1NCc1cccc(O)c1.Cl. The number of phenols is 1. The third-order valence-electron chi connectivity index (χ3n) is 2.51. The third-order valence-corrected chi connectivity index (χ3v) is 2.51. The molecule has 4 nitrogen and oxygen atoms in total. The zero-order valence-corrected chi connectivity index (χ0v) is 11.0. The van der Waals surface area contributed by atoms with E-state index in [1.165, 1.54) is 6.20 Å². The predicted octanol–water partition coefficient (Wildman–Crippen LogP) is 3.33. The van der Waals surface area contributed by atoms with Gasteiger partial charge in [0.25, 0.3) is 0 Å². The lowest BCUT2D eigenvalue weighted by molar-refractivity contribution is 0.0563. The molecule has 0 aliphatic heterocycles. The number of anilines is 1. The summed E-state index contributed by atoms with van der Waals surface area (Å²) in [5.74, 6) is 0.175. The molecule has 0 aliphatic carbocycles. The van der Waals surface area contributed by atoms with Crippen LogP contribution in [-0.2, 0) is 6.54 Å². The molecule has 1 aromatic heterocycles. The van der Waals surface area contributed by atoms with Crippen LogP contribution in [-0.4, -0.2) is 14.9 Å². The Morgan fingerprint density at radius 1 is 1.42 bits per heavy atom. The molecule has 0 fully saturated rings. The second-order valence-electron chi connectivity index (χ2n) is 3.91. The lowest BCUT2D eigenvalue weighted by atomic mass is 10.2. The molecule has 0 saturated heterocycles. The van der Waals surface area contributed by atoms with Crippen molar-refractivity contribution in [2.45, 2.75) is 20.0 Å². The molecule has 0 aliphatic rings. The van der Waals surface area contributed by atoms with Gasteiger partial charge in [0.05, 0.1) is 17.6 Å². The maximum Gasteiger partial charge on any atom is 0.333 e. The molecule has 0 unspecified atom stereocenters. The maximum absolute atomic E-state index is 12.4. The fourth-order valence-electron chi connectivity index (χ4n) is 1.62. The van der Waals surface area contributed by atoms with E-state index in [-0.39, 0.29) is 18.2 Å². The van der Waals surface area contributed by atoms with Crippen molar-refractivity contribution in [3.05, 3.63) is 41.7 Å². The molecule has 0 spiro atoms. The lowest BCUT2D eigenvalue weighted by Gasteiger charge is -2.05. The van der Waals surface area contributed by atoms with E-state index in [4.69, 9.17) is 0 Å². The lowest BCUT2D eigenvalue weighted by Crippen LogP contribution is -1.99. The van der Waals surface area contributed by atoms with Crippen molar-refractivity contribution >= 4 is 18.1 Å². The summed E-state index contributed by atoms with van der Waals surface area (Å²) in [6.45, 7) is -0.548. The van der Waals surface area contributed by atoms with Crippen molar-refractivity contribution in [3.8, 4) is 5.75 Å². The number of hydrogen-bond donors (Lipinski definition) is 2. The Morgan fingerprint density at radius 2 is 2.16 bits per heavy atom. The monoisotopic (exact) mass is 289 g/mol. The molecule has 0 radical (unpaired) electrons. The van der Waals surface area contributed by atoms with Crippen molar-refractivity contribution in [1.82, 2.24) is 9.78 Å². The first kappa shape index (κ1) is 15.2. The summed E-state index contributed by atoms with van der Waals surface area (Å²) >= 11 is 0. The minimum Gasteiger partial charge on any atom is -0.508 e. The highest BCUT2D eigenvalue weighted by molar-refractivity contribution is 5.85. The van der Waals surface area contributed by atoms with Gasteiger partial charge < -0.3 is 10.4 Å². The highest BCUT2D eigenvalue weighted by atomic mass is 35.5. The molecule has 1 aromatic carbocycles. The van der Waals surface area contributed by atoms with Crippen LogP contribution in [0.15, 0.2) is 30.5 Å². The molecular weight excluding hydrogens is 276 g/mol. The van der Waals surface area contributed by atoms with Crippen LogP contribution in [0.4, 0.5) is 14.5 Å². The molecular formula is C12H14ClF2N3O. The van der Waals surface area contributed by atoms with E-state index in [1.807, 2.05) is 6.07 Å². The van der Waals surface area contributed by atoms with Gasteiger partial charge in [0.2, 0.25) is 0 Å². The number of halogens is 3. The molecule has 2 rings (SSSR count). The summed E-state index contributed by atoms with van der Waals surface area (Å²) in [7, 11) is 0. The van der Waals surface area contributed by atoms with Crippen LogP contribution in [0, 0.1) is 6.92 Å². The molecule has 7 heteroatoms. The molecule has 0 atom stereocenters. The van der Waals surface area contributed by atoms with Gasteiger partial charge in [-0.3, -0.25) is 0 Å². The maximum atomic E-state index is 12.4. The number of aromatic nitrogens is 2. The van der Waals surface area contributed by atoms with Crippen LogP contribution >= 0.6 is 12.4 Å². The molecule has 0 saturated carbocycles. The zero-order valence-electron chi connectivity index (χ0n) is 10.2. The smallest absolute Gasteiger partial charge is 0.333 e. The number of nitrogens with one attached hydrogen (secondary N) is 1. The Labute approximate surface area is 115 Å². The topological polar surface area (TPSA) is 50.1 Å². The van der Waals surface area contributed by atoms with Crippen molar-refractivity contribution < 1.29 is 13.9 Å². The average molecular weight is 290 g/mol. The molecule has 19 heavy (non-hydrogen) atoms. The average Bonchev–Trinajstić information content (AvgIpc) is 2.68. The van der Waals surface area contributed by atoms with Crippen molar-refractivity contribution in [2.75, 3.05) is 5.32 Å². The Kier molecular flexibility index (Phi) is 5.11. The van der Waals surface area contributed by atoms with Crippen molar-refractivity contribution in [1.29, 1.82) is 0 Å². The number of hydrogen-bond acceptors (Lipinski definition) is 3. The van der Waals surface area contributed by atoms with E-state index >= 15 is 0 Å². The van der Waals surface area contributed by atoms with Gasteiger partial charge in [-0.1, -0.05) is 12.1 Å². The molecule has 0 amide bonds. The van der Waals surface area contributed by atoms with Gasteiger partial charge in [-0.05, 0) is 24.6 Å². The Morgan fingerprint density at radius 3 is 2.74 bits per heavy atom. The van der Waals surface area contributed by atoms with E-state index in [0.29, 0.717) is 22.6 Å². The molecule has 104 valence electrons. The Balaban J connectivity index is 0.00000180. The van der Waals surface area contributed by atoms with E-state index < -0.39 is 6.55 Å². The largest absolute Gasteiger partial charge is 0.508 e. The number of alkyl halides is 2. The van der Waals surface area contributed by atoms with Gasteiger partial charge in [-0.25, -0.2) is 4.68 Å². The first-order chi connectivity index (χ1) is 8.56. The van der Waals surface area contributed by atoms with Crippen LogP contribution in [0.2, 0.25) is 0 Å². The fourth-order valence-corrected chi connectivity index (χ4v) is 1.62. The van der Waals surface area contributed by atoms with Crippen LogP contribution in [0.25, 0.3) is 0 Å². The summed E-state index contributed by atoms with van der Waals surface area (Å²) in [5.41, 5.74) is 1.92. The second-order valence-corrected chi connectivity index (χ2v) is 3.91. The normalized spacial score (nSPS) is 10.3. The van der Waals surface area contributed by atoms with E-state index in [0.717, 1.165) is 5.56 Å². The van der Waals surface area contributed by atoms with E-state index in [1.54, 1.807) is 25.1 Å². The zero-order chi connectivity index (χ0) is 13.1. The summed E-state index contributed by atoms with van der Waals surface area (Å²) in [4.78, 5) is 0. The number of aromatic hydroxyl groups is 1. The van der Waals surface area contributed by atoms with Crippen LogP contribution in [0.1, 0.15) is 17.8 Å². The molecule has 2 N–H and O–H groups in total. The number of rotatable bonds is 4. The highest BCUT2D eigenvalue weighted by Crippen LogP contribution is 2.19. The van der Waals surface area contributed by atoms with Crippen LogP contribution in [0.3, 0.4) is 0 Å². The Hall–Kier alpha value is -1.82. The number of phenolic OH excluding ortho intramolecular Hbond substituents is 1. The minimum atomic E-state index is -2.64. The van der Waals surface area contributed by atoms with E-state index in [2.05, 4.69) is 10.4 Å². The number of nitrogens with zero attached hydrogens (tertiary/aromatic N) is 2. The standard InChI is InChI=1S/C12H13F2N3O.ClH/c1-8-11(7-17(16-8)12(13)14)15-6-9-3-2-4-10(18)5-9;/h2-5,7,12,15,18H,6H2,1H3;1H. The molecule has 2 aromatic rings. The quantitative estimate of drug-likeness (QED) is 0.908.